The summed E-state index contributed by atoms with van der Waals surface area (Å²) in [6.45, 7) is 3.10. The first-order chi connectivity index (χ1) is 9.78. The number of rotatable bonds is 4. The van der Waals surface area contributed by atoms with Crippen molar-refractivity contribution in [2.24, 2.45) is 5.41 Å². The zero-order valence-electron chi connectivity index (χ0n) is 12.2. The number of hydrogen-bond acceptors (Lipinski definition) is 3. The zero-order chi connectivity index (χ0) is 15.5. The van der Waals surface area contributed by atoms with Gasteiger partial charge < -0.3 is 10.1 Å². The van der Waals surface area contributed by atoms with E-state index in [0.29, 0.717) is 5.69 Å². The fourth-order valence-corrected chi connectivity index (χ4v) is 3.84. The van der Waals surface area contributed by atoms with Gasteiger partial charge in [-0.15, -0.1) is 0 Å². The van der Waals surface area contributed by atoms with Gasteiger partial charge in [-0.25, -0.2) is 0 Å². The van der Waals surface area contributed by atoms with Crippen LogP contribution in [0.25, 0.3) is 0 Å². The van der Waals surface area contributed by atoms with E-state index < -0.39 is 12.8 Å². The summed E-state index contributed by atoms with van der Waals surface area (Å²) in [6.07, 6.45) is -3.24. The van der Waals surface area contributed by atoms with Crippen LogP contribution in [-0.2, 0) is 0 Å². The number of alkyl halides is 3. The van der Waals surface area contributed by atoms with Gasteiger partial charge in [0.15, 0.2) is 6.61 Å². The fraction of sp³-hybridized carbons (Fsp3) is 0.600. The van der Waals surface area contributed by atoms with E-state index in [2.05, 4.69) is 19.2 Å². The standard InChI is InChI=1S/C15H20F3NOS/c1-14(2)7-8-21-9-13(14)19-11-5-3-4-6-12(11)20-10-15(16,17)18/h3-6,13,19H,7-10H2,1-2H3. The number of halogens is 3. The van der Waals surface area contributed by atoms with E-state index in [1.54, 1.807) is 24.3 Å². The lowest BCUT2D eigenvalue weighted by Gasteiger charge is -2.39. The Hall–Kier alpha value is -1.04. The van der Waals surface area contributed by atoms with E-state index in [9.17, 15) is 13.2 Å². The van der Waals surface area contributed by atoms with Crippen LogP contribution in [0.15, 0.2) is 24.3 Å². The van der Waals surface area contributed by atoms with Crippen molar-refractivity contribution in [1.29, 1.82) is 0 Å². The molecule has 1 N–H and O–H groups in total. The Kier molecular flexibility index (Phi) is 4.96. The van der Waals surface area contributed by atoms with Crippen LogP contribution in [0.5, 0.6) is 5.75 Å². The van der Waals surface area contributed by atoms with Gasteiger partial charge in [0.25, 0.3) is 0 Å². The Morgan fingerprint density at radius 1 is 1.33 bits per heavy atom. The van der Waals surface area contributed by atoms with E-state index in [1.807, 2.05) is 11.8 Å². The highest BCUT2D eigenvalue weighted by Crippen LogP contribution is 2.37. The maximum Gasteiger partial charge on any atom is 0.422 e. The van der Waals surface area contributed by atoms with Crippen molar-refractivity contribution >= 4 is 17.4 Å². The molecular weight excluding hydrogens is 299 g/mol. The van der Waals surface area contributed by atoms with Gasteiger partial charge in [-0.2, -0.15) is 24.9 Å². The number of anilines is 1. The van der Waals surface area contributed by atoms with Gasteiger partial charge in [0.2, 0.25) is 0 Å². The largest absolute Gasteiger partial charge is 0.482 e. The second-order valence-electron chi connectivity index (χ2n) is 5.91. The SMILES string of the molecule is CC1(C)CCSCC1Nc1ccccc1OCC(F)(F)F. The Bertz CT molecular complexity index is 476. The number of para-hydroxylation sites is 2. The average Bonchev–Trinajstić information content (AvgIpc) is 2.39. The first-order valence-corrected chi connectivity index (χ1v) is 8.06. The molecule has 1 unspecified atom stereocenters. The summed E-state index contributed by atoms with van der Waals surface area (Å²) >= 11 is 1.86. The summed E-state index contributed by atoms with van der Waals surface area (Å²) in [4.78, 5) is 0. The molecule has 1 aromatic carbocycles. The molecule has 6 heteroatoms. The van der Waals surface area contributed by atoms with E-state index >= 15 is 0 Å². The van der Waals surface area contributed by atoms with Gasteiger partial charge in [-0.05, 0) is 29.7 Å². The van der Waals surface area contributed by atoms with Crippen molar-refractivity contribution in [3.05, 3.63) is 24.3 Å². The topological polar surface area (TPSA) is 21.3 Å². The highest BCUT2D eigenvalue weighted by Gasteiger charge is 2.33. The summed E-state index contributed by atoms with van der Waals surface area (Å²) in [5.74, 6) is 2.32. The molecular formula is C15H20F3NOS. The number of nitrogens with one attached hydrogen (secondary N) is 1. The van der Waals surface area contributed by atoms with Crippen LogP contribution in [0, 0.1) is 5.41 Å². The van der Waals surface area contributed by atoms with Crippen LogP contribution in [0.4, 0.5) is 18.9 Å². The third kappa shape index (κ3) is 4.73. The average molecular weight is 319 g/mol. The lowest BCUT2D eigenvalue weighted by molar-refractivity contribution is -0.153. The summed E-state index contributed by atoms with van der Waals surface area (Å²) in [5.41, 5.74) is 0.741. The molecule has 0 saturated carbocycles. The summed E-state index contributed by atoms with van der Waals surface area (Å²) < 4.78 is 41.8. The molecule has 0 aromatic heterocycles. The minimum atomic E-state index is -4.33. The quantitative estimate of drug-likeness (QED) is 0.878. The number of benzene rings is 1. The molecule has 2 rings (SSSR count). The van der Waals surface area contributed by atoms with E-state index in [0.717, 1.165) is 17.9 Å². The minimum Gasteiger partial charge on any atom is -0.482 e. The van der Waals surface area contributed by atoms with Crippen LogP contribution in [0.1, 0.15) is 20.3 Å². The van der Waals surface area contributed by atoms with Crippen molar-refractivity contribution in [2.75, 3.05) is 23.4 Å². The molecule has 2 nitrogen and oxygen atoms in total. The van der Waals surface area contributed by atoms with Gasteiger partial charge in [-0.3, -0.25) is 0 Å². The molecule has 0 spiro atoms. The van der Waals surface area contributed by atoms with Crippen molar-refractivity contribution in [2.45, 2.75) is 32.5 Å². The van der Waals surface area contributed by atoms with Crippen LogP contribution >= 0.6 is 11.8 Å². The Balaban J connectivity index is 2.09. The molecule has 1 saturated heterocycles. The maximum atomic E-state index is 12.3. The highest BCUT2D eigenvalue weighted by molar-refractivity contribution is 7.99. The first-order valence-electron chi connectivity index (χ1n) is 6.91. The minimum absolute atomic E-state index is 0.113. The molecule has 1 aromatic rings. The van der Waals surface area contributed by atoms with Gasteiger partial charge in [0.1, 0.15) is 5.75 Å². The van der Waals surface area contributed by atoms with Gasteiger partial charge in [-0.1, -0.05) is 26.0 Å². The molecule has 0 bridgehead atoms. The van der Waals surface area contributed by atoms with Crippen LogP contribution in [0.3, 0.4) is 0 Å². The summed E-state index contributed by atoms with van der Waals surface area (Å²) in [6, 6.07) is 7.02. The first kappa shape index (κ1) is 16.3. The third-order valence-corrected chi connectivity index (χ3v) is 4.79. The third-order valence-electron chi connectivity index (χ3n) is 3.73. The van der Waals surface area contributed by atoms with Crippen molar-refractivity contribution < 1.29 is 17.9 Å². The maximum absolute atomic E-state index is 12.3. The summed E-state index contributed by atoms with van der Waals surface area (Å²) in [7, 11) is 0. The molecule has 118 valence electrons. The van der Waals surface area contributed by atoms with Crippen molar-refractivity contribution in [3.8, 4) is 5.75 Å². The van der Waals surface area contributed by atoms with E-state index in [-0.39, 0.29) is 17.2 Å². The van der Waals surface area contributed by atoms with E-state index in [1.165, 1.54) is 0 Å². The summed E-state index contributed by atoms with van der Waals surface area (Å²) in [5, 5.41) is 3.36. The second-order valence-corrected chi connectivity index (χ2v) is 7.06. The van der Waals surface area contributed by atoms with Crippen molar-refractivity contribution in [3.63, 3.8) is 0 Å². The molecule has 21 heavy (non-hydrogen) atoms. The molecule has 0 aliphatic carbocycles. The Morgan fingerprint density at radius 3 is 2.71 bits per heavy atom. The van der Waals surface area contributed by atoms with Gasteiger partial charge in [0, 0.05) is 11.8 Å². The highest BCUT2D eigenvalue weighted by atomic mass is 32.2. The van der Waals surface area contributed by atoms with Crippen LogP contribution in [-0.4, -0.2) is 30.3 Å². The van der Waals surface area contributed by atoms with E-state index in [4.69, 9.17) is 4.74 Å². The van der Waals surface area contributed by atoms with Gasteiger partial charge >= 0.3 is 6.18 Å². The number of hydrogen-bond donors (Lipinski definition) is 1. The normalized spacial score (nSPS) is 21.9. The predicted molar refractivity (Wildman–Crippen MR) is 81.1 cm³/mol. The smallest absolute Gasteiger partial charge is 0.422 e. The predicted octanol–water partition coefficient (Wildman–Crippen LogP) is 4.57. The lowest BCUT2D eigenvalue weighted by Crippen LogP contribution is -2.41. The molecule has 1 atom stereocenters. The molecule has 1 aliphatic heterocycles. The molecule has 1 aliphatic rings. The van der Waals surface area contributed by atoms with Crippen LogP contribution in [0.2, 0.25) is 0 Å². The van der Waals surface area contributed by atoms with Crippen molar-refractivity contribution in [1.82, 2.24) is 0 Å². The van der Waals surface area contributed by atoms with Crippen LogP contribution < -0.4 is 10.1 Å². The fourth-order valence-electron chi connectivity index (χ4n) is 2.23. The molecule has 0 amide bonds. The molecule has 0 radical (unpaired) electrons. The lowest BCUT2D eigenvalue weighted by atomic mass is 9.82. The Labute approximate surface area is 127 Å². The number of thioether (sulfide) groups is 1. The molecule has 1 fully saturated rings. The monoisotopic (exact) mass is 319 g/mol. The zero-order valence-corrected chi connectivity index (χ0v) is 13.0. The Morgan fingerprint density at radius 2 is 2.05 bits per heavy atom. The second kappa shape index (κ2) is 6.38. The molecule has 1 heterocycles. The van der Waals surface area contributed by atoms with Gasteiger partial charge in [0.05, 0.1) is 5.69 Å². The number of ether oxygens (including phenoxy) is 1.